The number of imidazole rings is 1. The van der Waals surface area contributed by atoms with Gasteiger partial charge in [0.1, 0.15) is 11.3 Å². The van der Waals surface area contributed by atoms with E-state index in [4.69, 9.17) is 0 Å². The fraction of sp³-hybridized carbons (Fsp3) is 0.0667. The molecule has 0 radical (unpaired) electrons. The number of fused-ring (bicyclic) bond motifs is 1. The van der Waals surface area contributed by atoms with Gasteiger partial charge in [0, 0.05) is 18.8 Å². The number of nitrogens with one attached hydrogen (secondary N) is 2. The van der Waals surface area contributed by atoms with Crippen LogP contribution < -0.4 is 5.69 Å². The van der Waals surface area contributed by atoms with Gasteiger partial charge in [-0.2, -0.15) is 5.10 Å². The summed E-state index contributed by atoms with van der Waals surface area (Å²) in [5, 5.41) is 4.18. The fourth-order valence-electron chi connectivity index (χ4n) is 2.37. The van der Waals surface area contributed by atoms with Crippen LogP contribution in [0, 0.1) is 0 Å². The van der Waals surface area contributed by atoms with Crippen molar-refractivity contribution in [2.24, 2.45) is 0 Å². The molecule has 0 spiro atoms. The van der Waals surface area contributed by atoms with Gasteiger partial charge in [0.25, 0.3) is 0 Å². The first-order chi connectivity index (χ1) is 10.8. The number of hydrogen-bond donors (Lipinski definition) is 2. The lowest BCUT2D eigenvalue weighted by Crippen LogP contribution is -2.05. The van der Waals surface area contributed by atoms with Crippen LogP contribution in [0.25, 0.3) is 17.0 Å². The number of benzene rings is 1. The summed E-state index contributed by atoms with van der Waals surface area (Å²) < 4.78 is 1.61. The number of hydrogen-bond acceptors (Lipinski definition) is 4. The largest absolute Gasteiger partial charge is 0.325 e. The van der Waals surface area contributed by atoms with Crippen molar-refractivity contribution in [2.75, 3.05) is 0 Å². The lowest BCUT2D eigenvalue weighted by molar-refractivity contribution is 0.829. The quantitative estimate of drug-likeness (QED) is 0.597. The first-order valence-corrected chi connectivity index (χ1v) is 6.82. The van der Waals surface area contributed by atoms with Crippen molar-refractivity contribution in [2.45, 2.75) is 6.42 Å². The van der Waals surface area contributed by atoms with Crippen LogP contribution in [0.4, 0.5) is 0 Å². The van der Waals surface area contributed by atoms with Crippen LogP contribution >= 0.6 is 0 Å². The van der Waals surface area contributed by atoms with Gasteiger partial charge in [-0.3, -0.25) is 4.98 Å². The topological polar surface area (TPSA) is 92.2 Å². The number of H-pyrrole nitrogens is 2. The molecule has 3 heterocycles. The Morgan fingerprint density at radius 1 is 1.05 bits per heavy atom. The number of aromatic amines is 2. The molecular formula is C15H12N6O. The minimum absolute atomic E-state index is 0.311. The molecule has 0 unspecified atom stereocenters. The Bertz CT molecular complexity index is 968. The zero-order chi connectivity index (χ0) is 14.9. The van der Waals surface area contributed by atoms with Gasteiger partial charge in [0.2, 0.25) is 0 Å². The summed E-state index contributed by atoms with van der Waals surface area (Å²) in [6.07, 6.45) is 4.02. The number of aromatic nitrogens is 6. The molecule has 0 saturated heterocycles. The molecule has 4 aromatic rings. The molecule has 108 valence electrons. The smallest absolute Gasteiger partial charge is 0.301 e. The Hall–Kier alpha value is -3.22. The Kier molecular flexibility index (Phi) is 2.82. The van der Waals surface area contributed by atoms with Crippen molar-refractivity contribution in [3.8, 4) is 5.82 Å². The lowest BCUT2D eigenvalue weighted by atomic mass is 10.1. The maximum Gasteiger partial charge on any atom is 0.325 e. The van der Waals surface area contributed by atoms with Crippen molar-refractivity contribution in [1.29, 1.82) is 0 Å². The summed E-state index contributed by atoms with van der Waals surface area (Å²) in [4.78, 5) is 25.9. The van der Waals surface area contributed by atoms with E-state index < -0.39 is 0 Å². The summed E-state index contributed by atoms with van der Waals surface area (Å²) in [6, 6.07) is 11.7. The monoisotopic (exact) mass is 292 g/mol. The molecule has 0 fully saturated rings. The normalized spacial score (nSPS) is 11.1. The molecule has 0 saturated carbocycles. The van der Waals surface area contributed by atoms with Gasteiger partial charge >= 0.3 is 5.69 Å². The SMILES string of the molecule is O=c1[nH]c2nc(Cc3ccccc3)nc(-n3cccn3)c2[nH]1. The van der Waals surface area contributed by atoms with Crippen molar-refractivity contribution in [1.82, 2.24) is 29.7 Å². The van der Waals surface area contributed by atoms with Crippen molar-refractivity contribution in [3.63, 3.8) is 0 Å². The highest BCUT2D eigenvalue weighted by molar-refractivity contribution is 5.77. The summed E-state index contributed by atoms with van der Waals surface area (Å²) >= 11 is 0. The third-order valence-electron chi connectivity index (χ3n) is 3.33. The van der Waals surface area contributed by atoms with Crippen molar-refractivity contribution >= 4 is 11.2 Å². The van der Waals surface area contributed by atoms with Gasteiger partial charge in [0.15, 0.2) is 11.5 Å². The Morgan fingerprint density at radius 3 is 2.68 bits per heavy atom. The van der Waals surface area contributed by atoms with Gasteiger partial charge in [-0.15, -0.1) is 0 Å². The Morgan fingerprint density at radius 2 is 1.91 bits per heavy atom. The summed E-state index contributed by atoms with van der Waals surface area (Å²) in [5.74, 6) is 1.18. The third kappa shape index (κ3) is 2.18. The fourth-order valence-corrected chi connectivity index (χ4v) is 2.37. The highest BCUT2D eigenvalue weighted by Crippen LogP contribution is 2.15. The zero-order valence-electron chi connectivity index (χ0n) is 11.5. The molecule has 3 aromatic heterocycles. The van der Waals surface area contributed by atoms with E-state index in [0.717, 1.165) is 5.56 Å². The van der Waals surface area contributed by atoms with Crippen molar-refractivity contribution in [3.05, 3.63) is 70.7 Å². The second-order valence-corrected chi connectivity index (χ2v) is 4.88. The molecule has 7 nitrogen and oxygen atoms in total. The van der Waals surface area contributed by atoms with E-state index in [1.807, 2.05) is 30.3 Å². The van der Waals surface area contributed by atoms with E-state index in [2.05, 4.69) is 25.0 Å². The molecule has 2 N–H and O–H groups in total. The van der Waals surface area contributed by atoms with Crippen LogP contribution in [-0.2, 0) is 6.42 Å². The number of rotatable bonds is 3. The first kappa shape index (κ1) is 12.5. The van der Waals surface area contributed by atoms with E-state index in [9.17, 15) is 4.79 Å². The Balaban J connectivity index is 1.88. The second-order valence-electron chi connectivity index (χ2n) is 4.88. The predicted molar refractivity (Wildman–Crippen MR) is 80.9 cm³/mol. The van der Waals surface area contributed by atoms with E-state index in [0.29, 0.717) is 29.2 Å². The van der Waals surface area contributed by atoms with Gasteiger partial charge in [0.05, 0.1) is 0 Å². The maximum absolute atomic E-state index is 11.6. The van der Waals surface area contributed by atoms with Gasteiger partial charge in [-0.05, 0) is 11.6 Å². The second kappa shape index (κ2) is 4.96. The minimum atomic E-state index is -0.311. The lowest BCUT2D eigenvalue weighted by Gasteiger charge is -2.05. The summed E-state index contributed by atoms with van der Waals surface area (Å²) in [5.41, 5.74) is 1.82. The van der Waals surface area contributed by atoms with Gasteiger partial charge < -0.3 is 4.98 Å². The molecule has 7 heteroatoms. The van der Waals surface area contributed by atoms with E-state index >= 15 is 0 Å². The van der Waals surface area contributed by atoms with E-state index in [-0.39, 0.29) is 5.69 Å². The third-order valence-corrected chi connectivity index (χ3v) is 3.33. The maximum atomic E-state index is 11.6. The zero-order valence-corrected chi connectivity index (χ0v) is 11.5. The van der Waals surface area contributed by atoms with Crippen LogP contribution in [0.3, 0.4) is 0 Å². The number of nitrogens with zero attached hydrogens (tertiary/aromatic N) is 4. The molecule has 0 bridgehead atoms. The predicted octanol–water partition coefficient (Wildman–Crippen LogP) is 1.42. The molecule has 0 aliphatic carbocycles. The standard InChI is InChI=1S/C15H12N6O/c22-15-19-12-13(20-15)17-11(9-10-5-2-1-3-6-10)18-14(12)21-8-4-7-16-21/h1-8H,9H2,(H2,17,18,19,20,22). The van der Waals surface area contributed by atoms with Gasteiger partial charge in [-0.25, -0.2) is 19.4 Å². The molecule has 0 aliphatic rings. The average Bonchev–Trinajstić information content (AvgIpc) is 3.16. The van der Waals surface area contributed by atoms with Crippen LogP contribution in [-0.4, -0.2) is 29.7 Å². The Labute approximate surface area is 124 Å². The van der Waals surface area contributed by atoms with Crippen LogP contribution in [0.1, 0.15) is 11.4 Å². The molecule has 0 aliphatic heterocycles. The highest BCUT2D eigenvalue weighted by Gasteiger charge is 2.13. The molecular weight excluding hydrogens is 280 g/mol. The van der Waals surface area contributed by atoms with Crippen molar-refractivity contribution < 1.29 is 0 Å². The van der Waals surface area contributed by atoms with E-state index in [1.165, 1.54) is 0 Å². The average molecular weight is 292 g/mol. The molecule has 0 amide bonds. The molecule has 22 heavy (non-hydrogen) atoms. The molecule has 4 rings (SSSR count). The first-order valence-electron chi connectivity index (χ1n) is 6.82. The minimum Gasteiger partial charge on any atom is -0.301 e. The molecule has 0 atom stereocenters. The summed E-state index contributed by atoms with van der Waals surface area (Å²) in [6.45, 7) is 0. The summed E-state index contributed by atoms with van der Waals surface area (Å²) in [7, 11) is 0. The van der Waals surface area contributed by atoms with Gasteiger partial charge in [-0.1, -0.05) is 30.3 Å². The van der Waals surface area contributed by atoms with Crippen LogP contribution in [0.15, 0.2) is 53.6 Å². The van der Waals surface area contributed by atoms with Crippen LogP contribution in [0.2, 0.25) is 0 Å². The highest BCUT2D eigenvalue weighted by atomic mass is 16.1. The van der Waals surface area contributed by atoms with Crippen LogP contribution in [0.5, 0.6) is 0 Å². The molecule has 1 aromatic carbocycles. The van der Waals surface area contributed by atoms with E-state index in [1.54, 1.807) is 23.1 Å².